The van der Waals surface area contributed by atoms with E-state index in [1.54, 1.807) is 11.3 Å². The number of hydrogen-bond donors (Lipinski definition) is 1. The number of anilines is 1. The smallest absolute Gasteiger partial charge is 0.270 e. The molecule has 0 aliphatic rings. The Hall–Kier alpha value is -1.66. The topological polar surface area (TPSA) is 64.9 Å². The third kappa shape index (κ3) is 1.52. The zero-order valence-corrected chi connectivity index (χ0v) is 9.72. The zero-order chi connectivity index (χ0) is 11.0. The second-order valence-corrected chi connectivity index (χ2v) is 4.84. The van der Waals surface area contributed by atoms with Gasteiger partial charge in [-0.2, -0.15) is 16.3 Å². The molecule has 0 atom stereocenters. The van der Waals surface area contributed by atoms with E-state index in [1.807, 2.05) is 28.3 Å². The van der Waals surface area contributed by atoms with E-state index in [-0.39, 0.29) is 0 Å². The lowest BCUT2D eigenvalue weighted by molar-refractivity contribution is 0.433. The lowest BCUT2D eigenvalue weighted by Gasteiger charge is -1.88. The largest absolute Gasteiger partial charge is 0.397 e. The molecule has 0 saturated heterocycles. The Morgan fingerprint density at radius 1 is 1.25 bits per heavy atom. The molecule has 16 heavy (non-hydrogen) atoms. The molecular formula is C10H7N3OS2. The quantitative estimate of drug-likeness (QED) is 0.758. The Balaban J connectivity index is 2.03. The normalized spacial score (nSPS) is 10.8. The number of hydrogen-bond acceptors (Lipinski definition) is 6. The van der Waals surface area contributed by atoms with Crippen molar-refractivity contribution in [3.63, 3.8) is 0 Å². The van der Waals surface area contributed by atoms with Crippen LogP contribution in [0.1, 0.15) is 0 Å². The SMILES string of the molecule is Nc1ccsc1-c1nc(-c2ccsc2)no1. The Bertz CT molecular complexity index is 597. The van der Waals surface area contributed by atoms with E-state index >= 15 is 0 Å². The molecule has 3 rings (SSSR count). The van der Waals surface area contributed by atoms with Gasteiger partial charge in [0, 0.05) is 10.9 Å². The summed E-state index contributed by atoms with van der Waals surface area (Å²) in [4.78, 5) is 5.14. The molecule has 2 N–H and O–H groups in total. The van der Waals surface area contributed by atoms with Gasteiger partial charge in [-0.3, -0.25) is 0 Å². The van der Waals surface area contributed by atoms with E-state index in [4.69, 9.17) is 10.3 Å². The van der Waals surface area contributed by atoms with Crippen LogP contribution in [0.25, 0.3) is 22.2 Å². The second-order valence-electron chi connectivity index (χ2n) is 3.14. The van der Waals surface area contributed by atoms with Crippen molar-refractivity contribution in [2.45, 2.75) is 0 Å². The highest BCUT2D eigenvalue weighted by Crippen LogP contribution is 2.31. The van der Waals surface area contributed by atoms with Crippen molar-refractivity contribution in [1.29, 1.82) is 0 Å². The molecule has 3 aromatic rings. The molecule has 6 heteroatoms. The summed E-state index contributed by atoms with van der Waals surface area (Å²) in [6.45, 7) is 0. The van der Waals surface area contributed by atoms with Gasteiger partial charge in [0.25, 0.3) is 5.89 Å². The molecule has 80 valence electrons. The lowest BCUT2D eigenvalue weighted by Crippen LogP contribution is -1.83. The van der Waals surface area contributed by atoms with Crippen molar-refractivity contribution in [3.8, 4) is 22.2 Å². The Kier molecular flexibility index (Phi) is 2.23. The van der Waals surface area contributed by atoms with E-state index in [0.29, 0.717) is 17.4 Å². The van der Waals surface area contributed by atoms with Gasteiger partial charge in [-0.15, -0.1) is 11.3 Å². The van der Waals surface area contributed by atoms with E-state index in [9.17, 15) is 0 Å². The van der Waals surface area contributed by atoms with Crippen LogP contribution in [0.15, 0.2) is 32.8 Å². The molecule has 0 spiro atoms. The maximum atomic E-state index is 5.79. The molecule has 0 saturated carbocycles. The van der Waals surface area contributed by atoms with Crippen molar-refractivity contribution >= 4 is 28.4 Å². The number of nitrogen functional groups attached to an aromatic ring is 1. The fraction of sp³-hybridized carbons (Fsp3) is 0. The van der Waals surface area contributed by atoms with Crippen molar-refractivity contribution < 1.29 is 4.52 Å². The summed E-state index contributed by atoms with van der Waals surface area (Å²) >= 11 is 3.10. The fourth-order valence-corrected chi connectivity index (χ4v) is 2.69. The van der Waals surface area contributed by atoms with Crippen molar-refractivity contribution in [1.82, 2.24) is 10.1 Å². The zero-order valence-electron chi connectivity index (χ0n) is 8.08. The van der Waals surface area contributed by atoms with Gasteiger partial charge in [-0.1, -0.05) is 5.16 Å². The highest BCUT2D eigenvalue weighted by atomic mass is 32.1. The number of nitrogens with two attached hydrogens (primary N) is 1. The molecule has 0 radical (unpaired) electrons. The van der Waals surface area contributed by atoms with Gasteiger partial charge in [0.15, 0.2) is 0 Å². The van der Waals surface area contributed by atoms with E-state index < -0.39 is 0 Å². The number of aromatic nitrogens is 2. The predicted molar refractivity (Wildman–Crippen MR) is 65.3 cm³/mol. The molecule has 3 aromatic heterocycles. The number of thiophene rings is 2. The lowest BCUT2D eigenvalue weighted by atomic mass is 10.3. The fourth-order valence-electron chi connectivity index (χ4n) is 1.32. The molecule has 0 aromatic carbocycles. The third-order valence-electron chi connectivity index (χ3n) is 2.10. The molecule has 0 aliphatic carbocycles. The van der Waals surface area contributed by atoms with Crippen LogP contribution in [-0.2, 0) is 0 Å². The van der Waals surface area contributed by atoms with Gasteiger partial charge in [0.2, 0.25) is 5.82 Å². The summed E-state index contributed by atoms with van der Waals surface area (Å²) in [6, 6.07) is 3.78. The van der Waals surface area contributed by atoms with E-state index in [0.717, 1.165) is 10.4 Å². The summed E-state index contributed by atoms with van der Waals surface area (Å²) in [6.07, 6.45) is 0. The van der Waals surface area contributed by atoms with Gasteiger partial charge < -0.3 is 10.3 Å². The van der Waals surface area contributed by atoms with Crippen LogP contribution in [-0.4, -0.2) is 10.1 Å². The van der Waals surface area contributed by atoms with Crippen LogP contribution < -0.4 is 5.73 Å². The van der Waals surface area contributed by atoms with Crippen LogP contribution in [0, 0.1) is 0 Å². The van der Waals surface area contributed by atoms with Gasteiger partial charge >= 0.3 is 0 Å². The van der Waals surface area contributed by atoms with Gasteiger partial charge in [0.05, 0.1) is 5.69 Å². The Morgan fingerprint density at radius 3 is 2.88 bits per heavy atom. The minimum Gasteiger partial charge on any atom is -0.397 e. The summed E-state index contributed by atoms with van der Waals surface area (Å²) in [5.74, 6) is 1.08. The molecule has 0 amide bonds. The van der Waals surface area contributed by atoms with Crippen LogP contribution >= 0.6 is 22.7 Å². The van der Waals surface area contributed by atoms with Crippen molar-refractivity contribution in [2.75, 3.05) is 5.73 Å². The van der Waals surface area contributed by atoms with E-state index in [1.165, 1.54) is 11.3 Å². The predicted octanol–water partition coefficient (Wildman–Crippen LogP) is 3.11. The first-order valence-corrected chi connectivity index (χ1v) is 6.36. The molecule has 4 nitrogen and oxygen atoms in total. The van der Waals surface area contributed by atoms with Gasteiger partial charge in [-0.05, 0) is 22.9 Å². The van der Waals surface area contributed by atoms with Crippen LogP contribution in [0.2, 0.25) is 0 Å². The highest BCUT2D eigenvalue weighted by molar-refractivity contribution is 7.14. The molecule has 3 heterocycles. The van der Waals surface area contributed by atoms with Crippen molar-refractivity contribution in [3.05, 3.63) is 28.3 Å². The van der Waals surface area contributed by atoms with Crippen LogP contribution in [0.3, 0.4) is 0 Å². The summed E-state index contributed by atoms with van der Waals surface area (Å²) < 4.78 is 5.19. The minimum atomic E-state index is 0.480. The second kappa shape index (κ2) is 3.73. The minimum absolute atomic E-state index is 0.480. The summed E-state index contributed by atoms with van der Waals surface area (Å²) in [5, 5.41) is 9.78. The maximum Gasteiger partial charge on any atom is 0.270 e. The van der Waals surface area contributed by atoms with Crippen molar-refractivity contribution in [2.24, 2.45) is 0 Å². The summed E-state index contributed by atoms with van der Waals surface area (Å²) in [7, 11) is 0. The van der Waals surface area contributed by atoms with Crippen LogP contribution in [0.4, 0.5) is 5.69 Å². The number of nitrogens with zero attached hydrogens (tertiary/aromatic N) is 2. The average molecular weight is 249 g/mol. The van der Waals surface area contributed by atoms with Gasteiger partial charge in [0.1, 0.15) is 4.88 Å². The maximum absolute atomic E-state index is 5.79. The summed E-state index contributed by atoms with van der Waals surface area (Å²) in [5.41, 5.74) is 7.42. The first-order chi connectivity index (χ1) is 7.84. The standard InChI is InChI=1S/C10H7N3OS2/c11-7-2-4-16-8(7)10-12-9(13-14-10)6-1-3-15-5-6/h1-5H,11H2. The Morgan fingerprint density at radius 2 is 2.19 bits per heavy atom. The molecule has 0 bridgehead atoms. The highest BCUT2D eigenvalue weighted by Gasteiger charge is 2.13. The molecule has 0 unspecified atom stereocenters. The molecule has 0 fully saturated rings. The molecular weight excluding hydrogens is 242 g/mol. The monoisotopic (exact) mass is 249 g/mol. The first kappa shape index (κ1) is 9.56. The average Bonchev–Trinajstić information content (AvgIpc) is 2.96. The number of rotatable bonds is 2. The Labute approximate surface area is 99.4 Å². The molecule has 0 aliphatic heterocycles. The van der Waals surface area contributed by atoms with Crippen LogP contribution in [0.5, 0.6) is 0 Å². The van der Waals surface area contributed by atoms with E-state index in [2.05, 4.69) is 10.1 Å². The van der Waals surface area contributed by atoms with Gasteiger partial charge in [-0.25, -0.2) is 0 Å². The third-order valence-corrected chi connectivity index (χ3v) is 3.70. The first-order valence-electron chi connectivity index (χ1n) is 4.54.